The average Bonchev–Trinajstić information content (AvgIpc) is 3.42. The molecule has 3 aromatic carbocycles. The molecular formula is C32H37F3N4O6S. The summed E-state index contributed by atoms with van der Waals surface area (Å²) in [6.07, 6.45) is -8.07. The number of alkyl halides is 3. The van der Waals surface area contributed by atoms with Crippen molar-refractivity contribution >= 4 is 33.4 Å². The minimum Gasteiger partial charge on any atom is -0.434 e. The van der Waals surface area contributed by atoms with Crippen LogP contribution in [0.15, 0.2) is 83.8 Å². The molecule has 0 aromatic heterocycles. The van der Waals surface area contributed by atoms with E-state index >= 15 is 0 Å². The molecule has 1 aliphatic heterocycles. The summed E-state index contributed by atoms with van der Waals surface area (Å²) < 4.78 is 74.6. The van der Waals surface area contributed by atoms with E-state index in [-0.39, 0.29) is 30.3 Å². The first-order valence-electron chi connectivity index (χ1n) is 14.7. The van der Waals surface area contributed by atoms with Crippen molar-refractivity contribution in [1.82, 2.24) is 9.62 Å². The zero-order chi connectivity index (χ0) is 33.6. The lowest BCUT2D eigenvalue weighted by Gasteiger charge is -2.31. The first-order chi connectivity index (χ1) is 21.7. The van der Waals surface area contributed by atoms with Crippen molar-refractivity contribution in [2.45, 2.75) is 56.0 Å². The van der Waals surface area contributed by atoms with Crippen LogP contribution < -0.4 is 16.0 Å². The molecule has 46 heavy (non-hydrogen) atoms. The summed E-state index contributed by atoms with van der Waals surface area (Å²) in [4.78, 5) is 26.8. The quantitative estimate of drug-likeness (QED) is 0.230. The molecule has 4 N–H and O–H groups in total. The van der Waals surface area contributed by atoms with Gasteiger partial charge in [0.05, 0.1) is 34.8 Å². The number of aliphatic hydroxyl groups is 1. The number of benzene rings is 3. The van der Waals surface area contributed by atoms with Crippen LogP contribution in [0.4, 0.5) is 29.3 Å². The zero-order valence-electron chi connectivity index (χ0n) is 25.4. The standard InChI is InChI=1S/C32H37F3N4O6S/c1-3-21(2)18-38(46(43,44)24-15-13-23(36)14-16-24)19-28(40)26(17-22-9-5-4-6-10-22)37-30(41)29-20-39(31(42)45-29)27-12-8-7-11-25(27)32(33,34)35/h4-16,21,26,28-29,40H,3,17-20,36H2,1-2H3,(H,37,41)/t21-,26-,28+,29-/m0/s1. The lowest BCUT2D eigenvalue weighted by molar-refractivity contribution is -0.137. The van der Waals surface area contributed by atoms with Crippen LogP contribution >= 0.6 is 0 Å². The summed E-state index contributed by atoms with van der Waals surface area (Å²) >= 11 is 0. The first kappa shape index (κ1) is 34.7. The number of aliphatic hydroxyl groups excluding tert-OH is 1. The smallest absolute Gasteiger partial charge is 0.418 e. The van der Waals surface area contributed by atoms with Gasteiger partial charge in [-0.3, -0.25) is 9.69 Å². The third-order valence-corrected chi connectivity index (χ3v) is 9.66. The van der Waals surface area contributed by atoms with Gasteiger partial charge in [-0.05, 0) is 54.3 Å². The van der Waals surface area contributed by atoms with Crippen LogP contribution in [-0.2, 0) is 32.2 Å². The molecule has 0 aliphatic carbocycles. The predicted molar refractivity (Wildman–Crippen MR) is 166 cm³/mol. The van der Waals surface area contributed by atoms with Crippen LogP contribution in [0.1, 0.15) is 31.4 Å². The van der Waals surface area contributed by atoms with Crippen LogP contribution in [0.25, 0.3) is 0 Å². The van der Waals surface area contributed by atoms with E-state index in [1.54, 1.807) is 30.3 Å². The van der Waals surface area contributed by atoms with E-state index in [9.17, 15) is 36.3 Å². The molecule has 1 aliphatic rings. The molecule has 1 saturated heterocycles. The number of nitrogens with zero attached hydrogens (tertiary/aromatic N) is 2. The average molecular weight is 663 g/mol. The molecule has 4 atom stereocenters. The molecule has 14 heteroatoms. The number of anilines is 2. The third-order valence-electron chi connectivity index (χ3n) is 7.82. The van der Waals surface area contributed by atoms with E-state index in [1.165, 1.54) is 36.4 Å². The summed E-state index contributed by atoms with van der Waals surface area (Å²) in [5.74, 6) is -0.920. The molecule has 3 aromatic rings. The molecule has 248 valence electrons. The number of amides is 2. The first-order valence-corrected chi connectivity index (χ1v) is 16.2. The minimum atomic E-state index is -4.75. The van der Waals surface area contributed by atoms with Gasteiger partial charge >= 0.3 is 12.3 Å². The van der Waals surface area contributed by atoms with Crippen molar-refractivity contribution in [2.24, 2.45) is 5.92 Å². The maximum Gasteiger partial charge on any atom is 0.418 e. The van der Waals surface area contributed by atoms with E-state index in [0.717, 1.165) is 21.3 Å². The number of halogens is 3. The van der Waals surface area contributed by atoms with Crippen molar-refractivity contribution in [3.8, 4) is 0 Å². The number of carbonyl (C=O) groups is 2. The van der Waals surface area contributed by atoms with Crippen molar-refractivity contribution < 1.29 is 41.0 Å². The second kappa shape index (κ2) is 14.5. The zero-order valence-corrected chi connectivity index (χ0v) is 26.2. The van der Waals surface area contributed by atoms with Gasteiger partial charge in [0.25, 0.3) is 5.91 Å². The van der Waals surface area contributed by atoms with E-state index in [0.29, 0.717) is 17.7 Å². The van der Waals surface area contributed by atoms with Crippen LogP contribution in [0.3, 0.4) is 0 Å². The van der Waals surface area contributed by atoms with Crippen LogP contribution in [0.5, 0.6) is 0 Å². The largest absolute Gasteiger partial charge is 0.434 e. The van der Waals surface area contributed by atoms with Gasteiger partial charge in [0.1, 0.15) is 0 Å². The van der Waals surface area contributed by atoms with Crippen molar-refractivity contribution in [1.29, 1.82) is 0 Å². The molecule has 0 radical (unpaired) electrons. The molecule has 0 unspecified atom stereocenters. The molecule has 10 nitrogen and oxygen atoms in total. The Bertz CT molecular complexity index is 1610. The number of ether oxygens (including phenoxy) is 1. The maximum absolute atomic E-state index is 13.7. The van der Waals surface area contributed by atoms with E-state index < -0.39 is 64.2 Å². The van der Waals surface area contributed by atoms with Crippen molar-refractivity contribution in [3.05, 3.63) is 90.0 Å². The Labute approximate surface area is 266 Å². The van der Waals surface area contributed by atoms with Gasteiger partial charge in [-0.15, -0.1) is 0 Å². The van der Waals surface area contributed by atoms with Gasteiger partial charge in [-0.2, -0.15) is 17.5 Å². The number of rotatable bonds is 13. The number of nitrogens with two attached hydrogens (primary N) is 1. The SMILES string of the molecule is CC[C@H](C)CN(C[C@@H](O)[C@H](Cc1ccccc1)NC(=O)[C@@H]1CN(c2ccccc2C(F)(F)F)C(=O)O1)S(=O)(=O)c1ccc(N)cc1. The Morgan fingerprint density at radius 1 is 1.07 bits per heavy atom. The summed E-state index contributed by atoms with van der Waals surface area (Å²) in [5.41, 5.74) is 5.32. The molecule has 1 fully saturated rings. The van der Waals surface area contributed by atoms with Crippen LogP contribution in [0.2, 0.25) is 0 Å². The molecule has 1 heterocycles. The van der Waals surface area contributed by atoms with Gasteiger partial charge in [-0.1, -0.05) is 62.7 Å². The summed E-state index contributed by atoms with van der Waals surface area (Å²) in [7, 11) is -4.09. The second-order valence-electron chi connectivity index (χ2n) is 11.3. The number of nitrogen functional groups attached to an aromatic ring is 1. The Morgan fingerprint density at radius 3 is 2.33 bits per heavy atom. The van der Waals surface area contributed by atoms with Crippen LogP contribution in [-0.4, -0.2) is 67.7 Å². The Kier molecular flexibility index (Phi) is 11.0. The fourth-order valence-electron chi connectivity index (χ4n) is 5.04. The number of para-hydroxylation sites is 1. The molecule has 0 spiro atoms. The molecule has 4 rings (SSSR count). The van der Waals surface area contributed by atoms with E-state index in [4.69, 9.17) is 10.5 Å². The Morgan fingerprint density at radius 2 is 1.70 bits per heavy atom. The number of sulfonamides is 1. The maximum atomic E-state index is 13.7. The highest BCUT2D eigenvalue weighted by molar-refractivity contribution is 7.89. The van der Waals surface area contributed by atoms with Gasteiger partial charge in [0.2, 0.25) is 10.0 Å². The molecule has 0 saturated carbocycles. The molecule has 2 amide bonds. The highest BCUT2D eigenvalue weighted by Crippen LogP contribution is 2.38. The van der Waals surface area contributed by atoms with Crippen molar-refractivity contribution in [2.75, 3.05) is 30.3 Å². The summed E-state index contributed by atoms with van der Waals surface area (Å²) in [6.45, 7) is 2.98. The van der Waals surface area contributed by atoms with Crippen LogP contribution in [0, 0.1) is 5.92 Å². The van der Waals surface area contributed by atoms with Crippen molar-refractivity contribution in [3.63, 3.8) is 0 Å². The van der Waals surface area contributed by atoms with Gasteiger partial charge < -0.3 is 20.9 Å². The normalized spacial score (nSPS) is 17.4. The number of hydrogen-bond donors (Lipinski definition) is 3. The van der Waals surface area contributed by atoms with Gasteiger partial charge in [0, 0.05) is 18.8 Å². The second-order valence-corrected chi connectivity index (χ2v) is 13.2. The summed E-state index contributed by atoms with van der Waals surface area (Å²) in [5, 5.41) is 14.2. The predicted octanol–water partition coefficient (Wildman–Crippen LogP) is 4.44. The monoisotopic (exact) mass is 662 g/mol. The Hall–Kier alpha value is -4.14. The summed E-state index contributed by atoms with van der Waals surface area (Å²) in [6, 6.07) is 17.9. The number of nitrogens with one attached hydrogen (secondary N) is 1. The number of cyclic esters (lactones) is 1. The molecular weight excluding hydrogens is 625 g/mol. The van der Waals surface area contributed by atoms with E-state index in [1.807, 2.05) is 13.8 Å². The number of hydrogen-bond acceptors (Lipinski definition) is 7. The third kappa shape index (κ3) is 8.36. The lowest BCUT2D eigenvalue weighted by atomic mass is 10.0. The molecule has 0 bridgehead atoms. The van der Waals surface area contributed by atoms with Gasteiger partial charge in [0.15, 0.2) is 6.10 Å². The highest BCUT2D eigenvalue weighted by atomic mass is 32.2. The fourth-order valence-corrected chi connectivity index (χ4v) is 6.62. The minimum absolute atomic E-state index is 0.0158. The topological polar surface area (TPSA) is 142 Å². The van der Waals surface area contributed by atoms with E-state index in [2.05, 4.69) is 5.32 Å². The Balaban J connectivity index is 1.58. The highest BCUT2D eigenvalue weighted by Gasteiger charge is 2.43. The fraction of sp³-hybridized carbons (Fsp3) is 0.375. The lowest BCUT2D eigenvalue weighted by Crippen LogP contribution is -2.53. The number of carbonyl (C=O) groups excluding carboxylic acids is 2. The van der Waals surface area contributed by atoms with Gasteiger partial charge in [-0.25, -0.2) is 13.2 Å².